The van der Waals surface area contributed by atoms with Gasteiger partial charge < -0.3 is 4.74 Å². The molecule has 0 fully saturated rings. The third-order valence-corrected chi connectivity index (χ3v) is 1.54. The minimum atomic E-state index is -3.20. The lowest BCUT2D eigenvalue weighted by atomic mass is 10.3. The van der Waals surface area contributed by atoms with Crippen molar-refractivity contribution in [3.8, 4) is 5.88 Å². The monoisotopic (exact) mass is 207 g/mol. The second kappa shape index (κ2) is 3.87. The van der Waals surface area contributed by atoms with E-state index in [0.29, 0.717) is 12.8 Å². The van der Waals surface area contributed by atoms with Gasteiger partial charge in [0.1, 0.15) is 0 Å². The van der Waals surface area contributed by atoms with Gasteiger partial charge in [0.2, 0.25) is 5.88 Å². The largest absolute Gasteiger partial charge is 0.415 e. The molecule has 0 unspecified atom stereocenters. The van der Waals surface area contributed by atoms with Crippen molar-refractivity contribution in [2.75, 3.05) is 0 Å². The first-order valence-electron chi connectivity index (χ1n) is 3.59. The molecule has 72 valence electrons. The van der Waals surface area contributed by atoms with Gasteiger partial charge in [-0.3, -0.25) is 0 Å². The van der Waals surface area contributed by atoms with E-state index in [1.165, 1.54) is 12.3 Å². The number of ether oxygens (including phenoxy) is 1. The van der Waals surface area contributed by atoms with Gasteiger partial charge in [0.05, 0.1) is 0 Å². The average Bonchev–Trinajstić information content (AvgIpc) is 2.03. The molecule has 0 bridgehead atoms. The zero-order valence-electron chi connectivity index (χ0n) is 6.93. The van der Waals surface area contributed by atoms with E-state index in [9.17, 15) is 8.78 Å². The van der Waals surface area contributed by atoms with Crippen LogP contribution in [0.3, 0.4) is 0 Å². The van der Waals surface area contributed by atoms with Crippen molar-refractivity contribution in [1.29, 1.82) is 0 Å². The highest BCUT2D eigenvalue weighted by Gasteiger charge is 2.23. The molecule has 1 aromatic rings. The van der Waals surface area contributed by atoms with Crippen molar-refractivity contribution >= 4 is 11.6 Å². The van der Waals surface area contributed by atoms with Gasteiger partial charge in [-0.05, 0) is 5.56 Å². The van der Waals surface area contributed by atoms with E-state index < -0.39 is 6.11 Å². The summed E-state index contributed by atoms with van der Waals surface area (Å²) in [7, 11) is 0. The number of pyridine rings is 1. The predicted octanol–water partition coefficient (Wildman–Crippen LogP) is 2.81. The first-order chi connectivity index (χ1) is 6.01. The molecule has 0 saturated heterocycles. The van der Waals surface area contributed by atoms with E-state index in [4.69, 9.17) is 11.6 Å². The zero-order valence-corrected chi connectivity index (χ0v) is 7.68. The van der Waals surface area contributed by atoms with Gasteiger partial charge in [0.25, 0.3) is 0 Å². The summed E-state index contributed by atoms with van der Waals surface area (Å²) < 4.78 is 28.8. The number of aromatic nitrogens is 1. The maximum atomic E-state index is 12.3. The molecule has 2 nitrogen and oxygen atoms in total. The van der Waals surface area contributed by atoms with Crippen LogP contribution in [0.25, 0.3) is 0 Å². The fraction of sp³-hybridized carbons (Fsp3) is 0.375. The van der Waals surface area contributed by atoms with Crippen LogP contribution < -0.4 is 4.74 Å². The maximum Gasteiger partial charge on any atom is 0.396 e. The quantitative estimate of drug-likeness (QED) is 0.711. The van der Waals surface area contributed by atoms with Gasteiger partial charge >= 0.3 is 6.11 Å². The van der Waals surface area contributed by atoms with E-state index in [-0.39, 0.29) is 5.88 Å². The molecule has 0 saturated carbocycles. The molecule has 5 heteroatoms. The van der Waals surface area contributed by atoms with Gasteiger partial charge in [0.15, 0.2) is 0 Å². The van der Waals surface area contributed by atoms with Crippen LogP contribution in [0.4, 0.5) is 8.78 Å². The van der Waals surface area contributed by atoms with E-state index >= 15 is 0 Å². The smallest absolute Gasteiger partial charge is 0.396 e. The Morgan fingerprint density at radius 2 is 2.23 bits per heavy atom. The van der Waals surface area contributed by atoms with Crippen LogP contribution in [0.5, 0.6) is 5.88 Å². The highest BCUT2D eigenvalue weighted by Crippen LogP contribution is 2.18. The number of halogens is 3. The third kappa shape index (κ3) is 3.55. The Bertz CT molecular complexity index is 270. The number of rotatable bonds is 3. The molecule has 0 aliphatic carbocycles. The lowest BCUT2D eigenvalue weighted by molar-refractivity contribution is -0.161. The molecule has 0 radical (unpaired) electrons. The average molecular weight is 208 g/mol. The molecule has 13 heavy (non-hydrogen) atoms. The van der Waals surface area contributed by atoms with Crippen LogP contribution in [-0.2, 0) is 5.88 Å². The molecule has 1 heterocycles. The minimum Gasteiger partial charge on any atom is -0.415 e. The number of hydrogen-bond donors (Lipinski definition) is 0. The second-order valence-electron chi connectivity index (χ2n) is 2.55. The van der Waals surface area contributed by atoms with Crippen molar-refractivity contribution < 1.29 is 13.5 Å². The second-order valence-corrected chi connectivity index (χ2v) is 2.82. The van der Waals surface area contributed by atoms with E-state index in [0.717, 1.165) is 5.56 Å². The lowest BCUT2D eigenvalue weighted by Crippen LogP contribution is -2.19. The Balaban J connectivity index is 2.70. The van der Waals surface area contributed by atoms with Gasteiger partial charge in [-0.15, -0.1) is 11.6 Å². The van der Waals surface area contributed by atoms with Crippen molar-refractivity contribution in [3.63, 3.8) is 0 Å². The summed E-state index contributed by atoms with van der Waals surface area (Å²) in [4.78, 5) is 3.65. The van der Waals surface area contributed by atoms with E-state index in [2.05, 4.69) is 9.72 Å². The molecular formula is C8H8ClF2NO. The summed E-state index contributed by atoms with van der Waals surface area (Å²) in [5.74, 6) is 0.192. The van der Waals surface area contributed by atoms with E-state index in [1.807, 2.05) is 0 Å². The fourth-order valence-corrected chi connectivity index (χ4v) is 0.892. The van der Waals surface area contributed by atoms with Crippen LogP contribution in [0.1, 0.15) is 12.5 Å². The van der Waals surface area contributed by atoms with Crippen LogP contribution in [0, 0.1) is 0 Å². The first kappa shape index (κ1) is 10.2. The first-order valence-corrected chi connectivity index (χ1v) is 4.12. The molecule has 0 amide bonds. The number of nitrogens with zero attached hydrogens (tertiary/aromatic N) is 1. The summed E-state index contributed by atoms with van der Waals surface area (Å²) in [6.07, 6.45) is -1.80. The van der Waals surface area contributed by atoms with Gasteiger partial charge in [-0.2, -0.15) is 8.78 Å². The summed E-state index contributed by atoms with van der Waals surface area (Å²) in [5.41, 5.74) is 0.758. The van der Waals surface area contributed by atoms with Crippen molar-refractivity contribution in [1.82, 2.24) is 4.98 Å². The Morgan fingerprint density at radius 3 is 2.62 bits per heavy atom. The van der Waals surface area contributed by atoms with Crippen LogP contribution in [0.2, 0.25) is 0 Å². The highest BCUT2D eigenvalue weighted by molar-refractivity contribution is 6.17. The molecule has 0 N–H and O–H groups in total. The Kier molecular flexibility index (Phi) is 3.03. The van der Waals surface area contributed by atoms with Gasteiger partial charge in [0, 0.05) is 25.1 Å². The van der Waals surface area contributed by atoms with Crippen molar-refractivity contribution in [2.45, 2.75) is 18.9 Å². The summed E-state index contributed by atoms with van der Waals surface area (Å²) in [6.45, 7) is 0.657. The molecule has 1 rings (SSSR count). The van der Waals surface area contributed by atoms with Crippen LogP contribution >= 0.6 is 11.6 Å². The zero-order chi connectivity index (χ0) is 9.90. The topological polar surface area (TPSA) is 22.1 Å². The van der Waals surface area contributed by atoms with Crippen LogP contribution in [0.15, 0.2) is 18.3 Å². The molecule has 1 aromatic heterocycles. The molecule has 0 aromatic carbocycles. The highest BCUT2D eigenvalue weighted by atomic mass is 35.5. The maximum absolute atomic E-state index is 12.3. The summed E-state index contributed by atoms with van der Waals surface area (Å²) >= 11 is 5.48. The van der Waals surface area contributed by atoms with Crippen LogP contribution in [-0.4, -0.2) is 11.1 Å². The Labute approximate surface area is 79.5 Å². The number of alkyl halides is 3. The van der Waals surface area contributed by atoms with E-state index in [1.54, 1.807) is 6.07 Å². The standard InChI is InChI=1S/C8H8ClF2NO/c1-8(10,11)13-7-3-2-6(4-9)5-12-7/h2-3,5H,4H2,1H3. The van der Waals surface area contributed by atoms with Gasteiger partial charge in [-0.25, -0.2) is 4.98 Å². The SMILES string of the molecule is CC(F)(F)Oc1ccc(CCl)cn1. The molecule has 0 spiro atoms. The fourth-order valence-electron chi connectivity index (χ4n) is 0.734. The number of hydrogen-bond acceptors (Lipinski definition) is 2. The molecule has 0 atom stereocenters. The minimum absolute atomic E-state index is 0.110. The Hall–Kier alpha value is -0.900. The molecule has 0 aliphatic rings. The molecular weight excluding hydrogens is 200 g/mol. The van der Waals surface area contributed by atoms with Crippen molar-refractivity contribution in [3.05, 3.63) is 23.9 Å². The third-order valence-electron chi connectivity index (χ3n) is 1.24. The summed E-state index contributed by atoms with van der Waals surface area (Å²) in [5, 5.41) is 0. The molecule has 0 aliphatic heterocycles. The van der Waals surface area contributed by atoms with Gasteiger partial charge in [-0.1, -0.05) is 6.07 Å². The lowest BCUT2D eigenvalue weighted by Gasteiger charge is -2.11. The normalized spacial score (nSPS) is 11.4. The van der Waals surface area contributed by atoms with Crippen molar-refractivity contribution in [2.24, 2.45) is 0 Å². The Morgan fingerprint density at radius 1 is 1.54 bits per heavy atom. The predicted molar refractivity (Wildman–Crippen MR) is 45.0 cm³/mol. The summed E-state index contributed by atoms with van der Waals surface area (Å²) in [6, 6.07) is 2.94.